The van der Waals surface area contributed by atoms with Crippen molar-refractivity contribution in [3.05, 3.63) is 65.0 Å². The monoisotopic (exact) mass is 536 g/mol. The number of benzene rings is 1. The molecule has 0 bridgehead atoms. The Balaban J connectivity index is 1.64. The van der Waals surface area contributed by atoms with Crippen LogP contribution in [0.2, 0.25) is 10.0 Å². The predicted octanol–water partition coefficient (Wildman–Crippen LogP) is 3.72. The number of anilines is 1. The van der Waals surface area contributed by atoms with Gasteiger partial charge in [-0.1, -0.05) is 29.6 Å². The fourth-order valence-corrected chi connectivity index (χ4v) is 3.96. The van der Waals surface area contributed by atoms with Gasteiger partial charge in [0.2, 0.25) is 11.7 Å². The zero-order chi connectivity index (χ0) is 26.2. The van der Waals surface area contributed by atoms with E-state index in [4.69, 9.17) is 32.7 Å². The number of aromatic amines is 2. The zero-order valence-electron chi connectivity index (χ0n) is 19.5. The van der Waals surface area contributed by atoms with E-state index in [1.165, 1.54) is 12.1 Å². The summed E-state index contributed by atoms with van der Waals surface area (Å²) in [5.41, 5.74) is -2.27. The Hall–Kier alpha value is -3.64. The van der Waals surface area contributed by atoms with Crippen molar-refractivity contribution in [3.8, 4) is 17.3 Å². The van der Waals surface area contributed by atoms with Gasteiger partial charge in [-0.15, -0.1) is 10.2 Å². The van der Waals surface area contributed by atoms with E-state index in [9.17, 15) is 19.2 Å². The molecule has 0 atom stereocenters. The molecule has 190 valence electrons. The Morgan fingerprint density at radius 3 is 2.36 bits per heavy atom. The van der Waals surface area contributed by atoms with Gasteiger partial charge >= 0.3 is 11.8 Å². The molecule has 1 amide bonds. The SMILES string of the molecule is CC(C)(C)OC(=O)Nc1nn(-c2cc(Cl)c(Oc3cc(C4CCC4)c(=O)[nH]n3)c(Cl)c2)c(=O)[nH]c1=O. The van der Waals surface area contributed by atoms with E-state index in [0.717, 1.165) is 23.9 Å². The second-order valence-electron chi connectivity index (χ2n) is 9.11. The maximum atomic E-state index is 12.4. The Labute approximate surface area is 213 Å². The van der Waals surface area contributed by atoms with Crippen molar-refractivity contribution in [1.29, 1.82) is 0 Å². The van der Waals surface area contributed by atoms with Crippen LogP contribution >= 0.6 is 23.2 Å². The number of halogens is 2. The number of H-pyrrole nitrogens is 2. The summed E-state index contributed by atoms with van der Waals surface area (Å²) in [6.45, 7) is 4.95. The van der Waals surface area contributed by atoms with Crippen LogP contribution in [0.3, 0.4) is 0 Å². The van der Waals surface area contributed by atoms with Crippen LogP contribution in [0.4, 0.5) is 10.6 Å². The number of hydrogen-bond donors (Lipinski definition) is 3. The quantitative estimate of drug-likeness (QED) is 0.444. The Morgan fingerprint density at radius 1 is 1.11 bits per heavy atom. The highest BCUT2D eigenvalue weighted by Gasteiger charge is 2.24. The molecule has 4 rings (SSSR count). The third kappa shape index (κ3) is 5.60. The highest BCUT2D eigenvalue weighted by Crippen LogP contribution is 2.39. The van der Waals surface area contributed by atoms with Gasteiger partial charge in [-0.25, -0.2) is 14.7 Å². The molecule has 3 aromatic rings. The van der Waals surface area contributed by atoms with Crippen LogP contribution in [0.5, 0.6) is 11.6 Å². The first-order valence-corrected chi connectivity index (χ1v) is 11.7. The first kappa shape index (κ1) is 25.5. The summed E-state index contributed by atoms with van der Waals surface area (Å²) >= 11 is 12.7. The van der Waals surface area contributed by atoms with Gasteiger partial charge in [0.05, 0.1) is 15.7 Å². The molecule has 1 saturated carbocycles. The lowest BCUT2D eigenvalue weighted by Crippen LogP contribution is -2.36. The molecule has 2 aromatic heterocycles. The minimum atomic E-state index is -0.930. The number of rotatable bonds is 5. The maximum absolute atomic E-state index is 12.4. The molecule has 14 heteroatoms. The van der Waals surface area contributed by atoms with Crippen molar-refractivity contribution in [3.63, 3.8) is 0 Å². The number of amides is 1. The van der Waals surface area contributed by atoms with Crippen LogP contribution in [0.25, 0.3) is 5.69 Å². The Bertz CT molecular complexity index is 1480. The van der Waals surface area contributed by atoms with Gasteiger partial charge in [0, 0.05) is 11.6 Å². The van der Waals surface area contributed by atoms with Gasteiger partial charge in [0.1, 0.15) is 5.60 Å². The third-order valence-electron chi connectivity index (χ3n) is 5.24. The van der Waals surface area contributed by atoms with Gasteiger partial charge in [-0.2, -0.15) is 4.68 Å². The molecule has 0 aliphatic heterocycles. The fourth-order valence-electron chi connectivity index (χ4n) is 3.40. The summed E-state index contributed by atoms with van der Waals surface area (Å²) < 4.78 is 11.6. The van der Waals surface area contributed by atoms with Crippen molar-refractivity contribution in [1.82, 2.24) is 25.0 Å². The van der Waals surface area contributed by atoms with Gasteiger partial charge < -0.3 is 9.47 Å². The van der Waals surface area contributed by atoms with E-state index in [-0.39, 0.29) is 38.8 Å². The molecular weight excluding hydrogens is 515 g/mol. The number of hydrogen-bond acceptors (Lipinski definition) is 8. The molecule has 1 fully saturated rings. The van der Waals surface area contributed by atoms with E-state index in [1.807, 2.05) is 0 Å². The molecule has 1 aliphatic rings. The van der Waals surface area contributed by atoms with Gasteiger partial charge in [-0.3, -0.25) is 19.9 Å². The van der Waals surface area contributed by atoms with Crippen LogP contribution in [-0.2, 0) is 4.74 Å². The molecule has 36 heavy (non-hydrogen) atoms. The van der Waals surface area contributed by atoms with Crippen molar-refractivity contribution >= 4 is 35.1 Å². The molecule has 0 spiro atoms. The lowest BCUT2D eigenvalue weighted by molar-refractivity contribution is 0.0634. The topological polar surface area (TPSA) is 161 Å². The number of ether oxygens (including phenoxy) is 2. The lowest BCUT2D eigenvalue weighted by atomic mass is 9.81. The molecule has 0 saturated heterocycles. The summed E-state index contributed by atoms with van der Waals surface area (Å²) in [4.78, 5) is 50.7. The van der Waals surface area contributed by atoms with Crippen LogP contribution in [0.1, 0.15) is 51.5 Å². The predicted molar refractivity (Wildman–Crippen MR) is 132 cm³/mol. The normalized spacial score (nSPS) is 13.7. The van der Waals surface area contributed by atoms with Gasteiger partial charge in [0.25, 0.3) is 11.1 Å². The van der Waals surface area contributed by atoms with Crippen molar-refractivity contribution < 1.29 is 14.3 Å². The third-order valence-corrected chi connectivity index (χ3v) is 5.80. The molecule has 0 unspecified atom stereocenters. The largest absolute Gasteiger partial charge is 0.444 e. The molecular formula is C22H22Cl2N6O6. The van der Waals surface area contributed by atoms with Crippen LogP contribution in [0, 0.1) is 0 Å². The number of carbonyl (C=O) groups excluding carboxylic acids is 1. The standard InChI is InChI=1S/C22H22Cl2N6O6/c1-22(2,3)36-21(34)25-17-19(32)26-20(33)30(29-17)11-7-13(23)16(14(24)8-11)35-15-9-12(10-5-4-6-10)18(31)28-27-15/h7-10H,4-6H2,1-3H3,(H,28,31)(H,25,29,34)(H,26,32,33). The lowest BCUT2D eigenvalue weighted by Gasteiger charge is -2.24. The minimum absolute atomic E-state index is 0.00255. The summed E-state index contributed by atoms with van der Waals surface area (Å²) in [5.74, 6) is -0.200. The Kier molecular flexibility index (Phi) is 6.92. The number of aromatic nitrogens is 5. The number of carbonyl (C=O) groups is 1. The smallest absolute Gasteiger partial charge is 0.413 e. The first-order valence-electron chi connectivity index (χ1n) is 10.9. The highest BCUT2D eigenvalue weighted by atomic mass is 35.5. The molecule has 1 aromatic carbocycles. The van der Waals surface area contributed by atoms with E-state index < -0.39 is 28.8 Å². The fraction of sp³-hybridized carbons (Fsp3) is 0.364. The summed E-state index contributed by atoms with van der Waals surface area (Å²) in [5, 5.41) is 12.4. The van der Waals surface area contributed by atoms with Crippen LogP contribution in [-0.4, -0.2) is 36.7 Å². The molecule has 0 radical (unpaired) electrons. The van der Waals surface area contributed by atoms with Crippen LogP contribution < -0.4 is 26.9 Å². The first-order chi connectivity index (χ1) is 16.9. The van der Waals surface area contributed by atoms with Gasteiger partial charge in [0.15, 0.2) is 5.75 Å². The summed E-state index contributed by atoms with van der Waals surface area (Å²) in [6, 6.07) is 4.20. The van der Waals surface area contributed by atoms with Crippen molar-refractivity contribution in [2.45, 2.75) is 51.6 Å². The number of nitrogens with zero attached hydrogens (tertiary/aromatic N) is 3. The molecule has 1 aliphatic carbocycles. The summed E-state index contributed by atoms with van der Waals surface area (Å²) in [7, 11) is 0. The average molecular weight is 537 g/mol. The van der Waals surface area contributed by atoms with Crippen molar-refractivity contribution in [2.75, 3.05) is 5.32 Å². The van der Waals surface area contributed by atoms with Gasteiger partial charge in [-0.05, 0) is 51.7 Å². The van der Waals surface area contributed by atoms with E-state index in [1.54, 1.807) is 26.8 Å². The van der Waals surface area contributed by atoms with E-state index in [2.05, 4.69) is 25.6 Å². The molecule has 12 nitrogen and oxygen atoms in total. The zero-order valence-corrected chi connectivity index (χ0v) is 21.0. The second-order valence-corrected chi connectivity index (χ2v) is 9.92. The summed E-state index contributed by atoms with van der Waals surface area (Å²) in [6.07, 6.45) is 1.94. The molecule has 2 heterocycles. The van der Waals surface area contributed by atoms with Crippen LogP contribution in [0.15, 0.2) is 32.6 Å². The minimum Gasteiger partial charge on any atom is -0.444 e. The Morgan fingerprint density at radius 2 is 1.78 bits per heavy atom. The second kappa shape index (κ2) is 9.78. The number of nitrogens with one attached hydrogen (secondary N) is 3. The van der Waals surface area contributed by atoms with Crippen molar-refractivity contribution in [2.24, 2.45) is 0 Å². The molecule has 3 N–H and O–H groups in total. The van der Waals surface area contributed by atoms with E-state index in [0.29, 0.717) is 5.56 Å². The highest BCUT2D eigenvalue weighted by molar-refractivity contribution is 6.37. The van der Waals surface area contributed by atoms with E-state index >= 15 is 0 Å². The average Bonchev–Trinajstić information content (AvgIpc) is 2.72. The maximum Gasteiger partial charge on any atom is 0.413 e.